The predicted molar refractivity (Wildman–Crippen MR) is 144 cm³/mol. The molecule has 1 N–H and O–H groups in total. The molecule has 0 spiro atoms. The van der Waals surface area contributed by atoms with Crippen LogP contribution in [0.1, 0.15) is 22.3 Å². The maximum absolute atomic E-state index is 14.4. The molecule has 0 aliphatic heterocycles. The number of pyridine rings is 1. The number of nitrogens with zero attached hydrogens (tertiary/aromatic N) is 3. The van der Waals surface area contributed by atoms with Crippen LogP contribution in [0.25, 0.3) is 0 Å². The number of amides is 2. The van der Waals surface area contributed by atoms with Crippen molar-refractivity contribution in [1.82, 2.24) is 9.88 Å². The number of carbonyl (C=O) groups excluding carboxylic acids is 1. The molecule has 3 aromatic carbocycles. The van der Waals surface area contributed by atoms with Crippen molar-refractivity contribution in [3.05, 3.63) is 124 Å². The maximum atomic E-state index is 14.4. The zero-order valence-electron chi connectivity index (χ0n) is 21.0. The van der Waals surface area contributed by atoms with E-state index in [1.807, 2.05) is 74.5 Å². The number of benzene rings is 3. The van der Waals surface area contributed by atoms with Gasteiger partial charge in [0.25, 0.3) is 0 Å². The number of ether oxygens (including phenoxy) is 1. The lowest BCUT2D eigenvalue weighted by Crippen LogP contribution is -2.96. The van der Waals surface area contributed by atoms with E-state index in [0.29, 0.717) is 24.5 Å². The summed E-state index contributed by atoms with van der Waals surface area (Å²) in [5, 5.41) is 22.7. The van der Waals surface area contributed by atoms with Crippen LogP contribution in [0.5, 0.6) is 5.75 Å². The molecule has 0 aliphatic carbocycles. The molecule has 0 saturated heterocycles. The van der Waals surface area contributed by atoms with Crippen molar-refractivity contribution in [2.75, 3.05) is 12.0 Å². The lowest BCUT2D eigenvalue weighted by molar-refractivity contribution is -0.714. The lowest BCUT2D eigenvalue weighted by Gasteiger charge is -2.34. The fourth-order valence-electron chi connectivity index (χ4n) is 4.23. The van der Waals surface area contributed by atoms with Crippen molar-refractivity contribution < 1.29 is 14.8 Å². The van der Waals surface area contributed by atoms with Crippen LogP contribution in [0.15, 0.2) is 91.1 Å². The number of hydrogen-bond acceptors (Lipinski definition) is 5. The van der Waals surface area contributed by atoms with Gasteiger partial charge in [-0.25, -0.2) is 14.7 Å². The molecule has 8 nitrogen and oxygen atoms in total. The van der Waals surface area contributed by atoms with E-state index >= 15 is 0 Å². The van der Waals surface area contributed by atoms with Gasteiger partial charge in [-0.1, -0.05) is 60.7 Å². The average molecular weight is 498 g/mol. The molecule has 2 amide bonds. The van der Waals surface area contributed by atoms with Crippen LogP contribution < -0.4 is 14.9 Å². The van der Waals surface area contributed by atoms with E-state index in [4.69, 9.17) is 4.74 Å². The van der Waals surface area contributed by atoms with Gasteiger partial charge in [0.05, 0.1) is 12.8 Å². The van der Waals surface area contributed by atoms with Gasteiger partial charge >= 0.3 is 6.03 Å². The summed E-state index contributed by atoms with van der Waals surface area (Å²) in [6.45, 7) is 4.39. The topological polar surface area (TPSA) is 96.2 Å². The van der Waals surface area contributed by atoms with E-state index in [0.717, 1.165) is 22.3 Å². The van der Waals surface area contributed by atoms with Crippen LogP contribution in [-0.2, 0) is 13.1 Å². The van der Waals surface area contributed by atoms with Crippen molar-refractivity contribution >= 4 is 23.2 Å². The summed E-state index contributed by atoms with van der Waals surface area (Å²) in [6.07, 6.45) is 1.46. The van der Waals surface area contributed by atoms with Gasteiger partial charge in [-0.05, 0) is 54.3 Å². The molecule has 1 aromatic heterocycles. The highest BCUT2D eigenvalue weighted by Gasteiger charge is 2.30. The molecule has 37 heavy (non-hydrogen) atoms. The highest BCUT2D eigenvalue weighted by molar-refractivity contribution is 6.01. The van der Waals surface area contributed by atoms with Crippen molar-refractivity contribution in [1.29, 1.82) is 0 Å². The molecular formula is C29H29N4O4-. The van der Waals surface area contributed by atoms with Crippen molar-refractivity contribution in [3.63, 3.8) is 0 Å². The van der Waals surface area contributed by atoms with Gasteiger partial charge in [0, 0.05) is 25.4 Å². The number of aromatic nitrogens is 1. The van der Waals surface area contributed by atoms with Crippen molar-refractivity contribution in [2.45, 2.75) is 26.9 Å². The number of rotatable bonds is 8. The largest absolute Gasteiger partial charge is 0.628 e. The highest BCUT2D eigenvalue weighted by atomic mass is 16.8. The number of anilines is 2. The summed E-state index contributed by atoms with van der Waals surface area (Å²) in [4.78, 5) is 21.8. The predicted octanol–water partition coefficient (Wildman–Crippen LogP) is 5.18. The van der Waals surface area contributed by atoms with Crippen LogP contribution in [0, 0.1) is 24.3 Å². The average Bonchev–Trinajstić information content (AvgIpc) is 2.92. The second kappa shape index (κ2) is 11.7. The van der Waals surface area contributed by atoms with Gasteiger partial charge in [-0.2, -0.15) is 0 Å². The Bertz CT molecular complexity index is 1310. The minimum atomic E-state index is -1.42. The zero-order valence-corrected chi connectivity index (χ0v) is 21.0. The number of nitrogens with one attached hydrogen (secondary N) is 1. The van der Waals surface area contributed by atoms with Gasteiger partial charge in [0.2, 0.25) is 5.82 Å². The summed E-state index contributed by atoms with van der Waals surface area (Å²) in [5.74, 6) is 0.659. The summed E-state index contributed by atoms with van der Waals surface area (Å²) < 4.78 is 5.46. The molecule has 4 rings (SSSR count). The second-order valence-corrected chi connectivity index (χ2v) is 8.64. The Kier molecular flexibility index (Phi) is 8.15. The number of urea groups is 1. The van der Waals surface area contributed by atoms with Gasteiger partial charge in [-0.15, -0.1) is 0 Å². The molecule has 4 aromatic rings. The fraction of sp³-hybridized carbons (Fsp3) is 0.172. The highest BCUT2D eigenvalue weighted by Crippen LogP contribution is 2.36. The van der Waals surface area contributed by atoms with Gasteiger partial charge in [-0.3, -0.25) is 0 Å². The first-order valence-electron chi connectivity index (χ1n) is 11.9. The summed E-state index contributed by atoms with van der Waals surface area (Å²) in [6, 6.07) is 25.3. The molecule has 0 aliphatic rings. The Balaban J connectivity index is 1.87. The van der Waals surface area contributed by atoms with Crippen molar-refractivity contribution in [3.8, 4) is 5.75 Å². The Hall–Kier alpha value is -4.24. The second-order valence-electron chi connectivity index (χ2n) is 8.64. The Labute approximate surface area is 216 Å². The van der Waals surface area contributed by atoms with Gasteiger partial charge in [0.15, 0.2) is 5.69 Å². The Morgan fingerprint density at radius 3 is 1.97 bits per heavy atom. The number of methoxy groups -OCH3 is 1. The van der Waals surface area contributed by atoms with Crippen LogP contribution >= 0.6 is 0 Å². The Morgan fingerprint density at radius 1 is 0.838 bits per heavy atom. The molecular weight excluding hydrogens is 468 g/mol. The molecule has 0 fully saturated rings. The van der Waals surface area contributed by atoms with Gasteiger partial charge in [0.1, 0.15) is 5.75 Å². The van der Waals surface area contributed by atoms with Crippen LogP contribution in [-0.4, -0.2) is 23.0 Å². The quantitative estimate of drug-likeness (QED) is 0.339. The minimum absolute atomic E-state index is 0.00806. The monoisotopic (exact) mass is 497 g/mol. The third kappa shape index (κ3) is 5.78. The molecule has 1 heterocycles. The van der Waals surface area contributed by atoms with Crippen molar-refractivity contribution in [2.24, 2.45) is 0 Å². The van der Waals surface area contributed by atoms with E-state index in [1.54, 1.807) is 24.1 Å². The third-order valence-corrected chi connectivity index (χ3v) is 6.28. The molecule has 0 radical (unpaired) electrons. The van der Waals surface area contributed by atoms with E-state index in [9.17, 15) is 15.2 Å². The molecule has 0 unspecified atom stereocenters. The molecule has 8 heteroatoms. The standard InChI is InChI=1S/C29H29N4O4/c1-21-22(2)27(37-3)17-16-25(21)32(28-26(33(35)36)15-10-18-30-28)29(34)31(19-23-11-6-4-7-12-23)20-24-13-8-5-9-14-24/h4-18,33H,19-20H2,1-3H3/q-1. The van der Waals surface area contributed by atoms with Gasteiger partial charge < -0.3 is 25.3 Å². The Morgan fingerprint density at radius 2 is 1.43 bits per heavy atom. The van der Waals surface area contributed by atoms with Crippen LogP contribution in [0.4, 0.5) is 22.0 Å². The summed E-state index contributed by atoms with van der Waals surface area (Å²) in [7, 11) is 1.58. The summed E-state index contributed by atoms with van der Waals surface area (Å²) in [5.41, 5.74) is 3.81. The molecule has 190 valence electrons. The van der Waals surface area contributed by atoms with E-state index < -0.39 is 11.3 Å². The zero-order chi connectivity index (χ0) is 26.4. The van der Waals surface area contributed by atoms with Crippen LogP contribution in [0.2, 0.25) is 0 Å². The summed E-state index contributed by atoms with van der Waals surface area (Å²) >= 11 is 0. The molecule has 0 bridgehead atoms. The lowest BCUT2D eigenvalue weighted by atomic mass is 10.1. The fourth-order valence-corrected chi connectivity index (χ4v) is 4.23. The molecule has 0 atom stereocenters. The SMILES string of the molecule is COc1ccc(N(C(=O)N(Cc2ccccc2)Cc2ccccc2)c2ncccc2[NH+]([O-])[O-])c(C)c1C. The van der Waals surface area contributed by atoms with E-state index in [-0.39, 0.29) is 11.5 Å². The maximum Gasteiger partial charge on any atom is 0.331 e. The first kappa shape index (κ1) is 25.8. The minimum Gasteiger partial charge on any atom is -0.628 e. The van der Waals surface area contributed by atoms with E-state index in [1.165, 1.54) is 23.2 Å². The smallest absolute Gasteiger partial charge is 0.331 e. The molecule has 0 saturated carbocycles. The number of quaternary nitrogens is 1. The number of carbonyl (C=O) groups is 1. The normalized spacial score (nSPS) is 10.9. The first-order valence-corrected chi connectivity index (χ1v) is 11.9. The first-order chi connectivity index (χ1) is 17.9. The van der Waals surface area contributed by atoms with Crippen LogP contribution in [0.3, 0.4) is 0 Å². The number of hydrogen-bond donors (Lipinski definition) is 1. The third-order valence-electron chi connectivity index (χ3n) is 6.28. The van der Waals surface area contributed by atoms with E-state index in [2.05, 4.69) is 4.98 Å².